The van der Waals surface area contributed by atoms with Gasteiger partial charge in [-0.3, -0.25) is 4.72 Å². The van der Waals surface area contributed by atoms with Crippen molar-refractivity contribution < 1.29 is 30.7 Å². The van der Waals surface area contributed by atoms with Gasteiger partial charge in [-0.25, -0.2) is 36.5 Å². The molecule has 2 aromatic heterocycles. The number of anilines is 2. The molecule has 0 spiro atoms. The Morgan fingerprint density at radius 1 is 1.05 bits per heavy atom. The summed E-state index contributed by atoms with van der Waals surface area (Å²) in [7, 11) is -4.40. The minimum atomic E-state index is -4.40. The van der Waals surface area contributed by atoms with Gasteiger partial charge in [0.1, 0.15) is 11.9 Å². The second kappa shape index (κ2) is 12.8. The third-order valence-corrected chi connectivity index (χ3v) is 7.96. The largest absolute Gasteiger partial charge is 0.435 e. The van der Waals surface area contributed by atoms with Crippen LogP contribution in [-0.2, 0) is 15.8 Å². The molecule has 3 N–H and O–H groups in total. The van der Waals surface area contributed by atoms with Crippen LogP contribution in [0.5, 0.6) is 11.6 Å². The molecule has 1 fully saturated rings. The lowest BCUT2D eigenvalue weighted by atomic mass is 10.1. The Kier molecular flexibility index (Phi) is 8.93. The highest BCUT2D eigenvalue weighted by Crippen LogP contribution is 2.39. The number of alkyl halides is 1. The second-order valence-electron chi connectivity index (χ2n) is 10.00. The molecule has 1 aliphatic rings. The van der Waals surface area contributed by atoms with Crippen LogP contribution in [0.2, 0.25) is 0 Å². The van der Waals surface area contributed by atoms with Gasteiger partial charge < -0.3 is 15.4 Å². The Bertz CT molecular complexity index is 1810. The lowest BCUT2D eigenvalue weighted by Crippen LogP contribution is -2.44. The zero-order chi connectivity index (χ0) is 31.4. The van der Waals surface area contributed by atoms with Crippen LogP contribution in [0.25, 0.3) is 11.3 Å². The SMILES string of the molecule is Cc1c(F)c(NS(=O)(=O)Cc2ccc(C#N)cc2)c(F)c(F)c1Oc1ncccc1-c1ccnc(NC2CNC[C@@H](F)C2)n1. The summed E-state index contributed by atoms with van der Waals surface area (Å²) in [6, 6.07) is 11.8. The van der Waals surface area contributed by atoms with E-state index in [2.05, 4.69) is 25.6 Å². The highest BCUT2D eigenvalue weighted by molar-refractivity contribution is 7.91. The number of aromatic nitrogens is 3. The number of nitriles is 1. The number of hydrogen-bond donors (Lipinski definition) is 3. The van der Waals surface area contributed by atoms with Gasteiger partial charge in [-0.1, -0.05) is 12.1 Å². The summed E-state index contributed by atoms with van der Waals surface area (Å²) in [6.07, 6.45) is 2.00. The first-order valence-corrected chi connectivity index (χ1v) is 14.9. The Balaban J connectivity index is 1.40. The Morgan fingerprint density at radius 2 is 1.82 bits per heavy atom. The molecule has 2 aromatic carbocycles. The van der Waals surface area contributed by atoms with E-state index in [9.17, 15) is 12.8 Å². The lowest BCUT2D eigenvalue weighted by molar-refractivity contribution is 0.254. The van der Waals surface area contributed by atoms with Crippen LogP contribution in [0.1, 0.15) is 23.1 Å². The maximum absolute atomic E-state index is 15.4. The van der Waals surface area contributed by atoms with Crippen LogP contribution in [0.4, 0.5) is 29.2 Å². The zero-order valence-electron chi connectivity index (χ0n) is 23.1. The summed E-state index contributed by atoms with van der Waals surface area (Å²) in [5.41, 5.74) is -0.686. The molecule has 10 nitrogen and oxygen atoms in total. The van der Waals surface area contributed by atoms with Crippen molar-refractivity contribution >= 4 is 21.7 Å². The van der Waals surface area contributed by atoms with Crippen LogP contribution in [-0.4, -0.2) is 48.7 Å². The predicted molar refractivity (Wildman–Crippen MR) is 154 cm³/mol. The van der Waals surface area contributed by atoms with E-state index in [0.29, 0.717) is 12.1 Å². The van der Waals surface area contributed by atoms with Gasteiger partial charge in [0.25, 0.3) is 0 Å². The summed E-state index contributed by atoms with van der Waals surface area (Å²) in [5, 5.41) is 14.9. The van der Waals surface area contributed by atoms with Crippen molar-refractivity contribution in [1.82, 2.24) is 20.3 Å². The first kappa shape index (κ1) is 30.6. The predicted octanol–water partition coefficient (Wildman–Crippen LogP) is 4.98. The van der Waals surface area contributed by atoms with Gasteiger partial charge in [-0.2, -0.15) is 9.65 Å². The highest BCUT2D eigenvalue weighted by Gasteiger charge is 2.28. The summed E-state index contributed by atoms with van der Waals surface area (Å²) in [5.74, 6) is -6.43. The minimum absolute atomic E-state index is 0.190. The molecule has 44 heavy (non-hydrogen) atoms. The van der Waals surface area contributed by atoms with Crippen molar-refractivity contribution in [2.75, 3.05) is 23.1 Å². The molecule has 5 rings (SSSR count). The van der Waals surface area contributed by atoms with E-state index in [1.165, 1.54) is 42.7 Å². The van der Waals surface area contributed by atoms with Gasteiger partial charge in [-0.05, 0) is 42.8 Å². The Labute approximate surface area is 250 Å². The molecule has 1 aliphatic heterocycles. The Hall–Kier alpha value is -4.81. The maximum atomic E-state index is 15.4. The van der Waals surface area contributed by atoms with Crippen molar-refractivity contribution in [2.24, 2.45) is 0 Å². The fraction of sp³-hybridized carbons (Fsp3) is 0.241. The molecule has 3 heterocycles. The van der Waals surface area contributed by atoms with Gasteiger partial charge in [0.2, 0.25) is 27.7 Å². The van der Waals surface area contributed by atoms with Gasteiger partial charge in [0.05, 0.1) is 28.6 Å². The zero-order valence-corrected chi connectivity index (χ0v) is 23.9. The molecular formula is C29H25F4N7O3S. The first-order chi connectivity index (χ1) is 21.0. The first-order valence-electron chi connectivity index (χ1n) is 13.3. The summed E-state index contributed by atoms with van der Waals surface area (Å²) in [6.45, 7) is 1.86. The van der Waals surface area contributed by atoms with E-state index in [0.717, 1.165) is 6.92 Å². The van der Waals surface area contributed by atoms with Crippen LogP contribution in [0, 0.1) is 35.7 Å². The van der Waals surface area contributed by atoms with Gasteiger partial charge >= 0.3 is 0 Å². The molecular weight excluding hydrogens is 602 g/mol. The molecule has 2 atom stereocenters. The quantitative estimate of drug-likeness (QED) is 0.173. The fourth-order valence-electron chi connectivity index (χ4n) is 4.58. The van der Waals surface area contributed by atoms with Crippen molar-refractivity contribution in [3.63, 3.8) is 0 Å². The monoisotopic (exact) mass is 627 g/mol. The average Bonchev–Trinajstić information content (AvgIpc) is 3.01. The summed E-state index contributed by atoms with van der Waals surface area (Å²) < 4.78 is 92.4. The lowest BCUT2D eigenvalue weighted by Gasteiger charge is -2.26. The number of piperidine rings is 1. The van der Waals surface area contributed by atoms with Gasteiger partial charge in [-0.15, -0.1) is 0 Å². The third-order valence-electron chi connectivity index (χ3n) is 6.73. The molecule has 0 aliphatic carbocycles. The molecule has 0 bridgehead atoms. The minimum Gasteiger partial charge on any atom is -0.435 e. The maximum Gasteiger partial charge on any atom is 0.237 e. The van der Waals surface area contributed by atoms with Crippen molar-refractivity contribution in [3.8, 4) is 29.0 Å². The summed E-state index contributed by atoms with van der Waals surface area (Å²) in [4.78, 5) is 12.7. The molecule has 0 amide bonds. The number of rotatable bonds is 9. The van der Waals surface area contributed by atoms with Crippen LogP contribution in [0.3, 0.4) is 0 Å². The third kappa shape index (κ3) is 6.87. The van der Waals surface area contributed by atoms with E-state index in [1.54, 1.807) is 16.9 Å². The van der Waals surface area contributed by atoms with Crippen molar-refractivity contribution in [3.05, 3.63) is 89.0 Å². The van der Waals surface area contributed by atoms with E-state index >= 15 is 13.2 Å². The van der Waals surface area contributed by atoms with Crippen molar-refractivity contribution in [2.45, 2.75) is 31.3 Å². The van der Waals surface area contributed by atoms with E-state index in [1.807, 2.05) is 6.07 Å². The average molecular weight is 628 g/mol. The molecule has 4 aromatic rings. The molecule has 1 saturated heterocycles. The van der Waals surface area contributed by atoms with Gasteiger partial charge in [0.15, 0.2) is 17.4 Å². The number of benzene rings is 2. The molecule has 228 valence electrons. The number of pyridine rings is 1. The number of ether oxygens (including phenoxy) is 1. The molecule has 0 saturated carbocycles. The molecule has 15 heteroatoms. The standard InChI is InChI=1S/C29H25F4N7O3S/c1-16-23(31)26(40-44(41,42)15-18-6-4-17(12-34)5-7-18)24(32)25(33)27(16)43-28-21(3-2-9-36-28)22-8-10-37-29(39-22)38-20-11-19(30)13-35-14-20/h2-10,19-20,35,40H,11,13-15H2,1H3,(H,37,38,39)/t19-,20?/m0/s1. The number of nitrogens with one attached hydrogen (secondary N) is 3. The number of halogens is 4. The molecule has 1 unspecified atom stereocenters. The highest BCUT2D eigenvalue weighted by atomic mass is 32.2. The topological polar surface area (TPSA) is 142 Å². The molecule has 0 radical (unpaired) electrons. The second-order valence-corrected chi connectivity index (χ2v) is 11.7. The fourth-order valence-corrected chi connectivity index (χ4v) is 5.77. The van der Waals surface area contributed by atoms with E-state index in [4.69, 9.17) is 10.00 Å². The number of nitrogens with zero attached hydrogens (tertiary/aromatic N) is 4. The number of hydrogen-bond acceptors (Lipinski definition) is 9. The van der Waals surface area contributed by atoms with Gasteiger partial charge in [0, 0.05) is 43.5 Å². The van der Waals surface area contributed by atoms with Crippen LogP contribution >= 0.6 is 0 Å². The summed E-state index contributed by atoms with van der Waals surface area (Å²) >= 11 is 0. The normalized spacial score (nSPS) is 16.6. The van der Waals surface area contributed by atoms with Crippen LogP contribution < -0.4 is 20.1 Å². The van der Waals surface area contributed by atoms with Crippen LogP contribution in [0.15, 0.2) is 54.9 Å². The van der Waals surface area contributed by atoms with E-state index in [-0.39, 0.29) is 47.7 Å². The van der Waals surface area contributed by atoms with E-state index < -0.39 is 56.4 Å². The Morgan fingerprint density at radius 3 is 2.55 bits per heavy atom. The smallest absolute Gasteiger partial charge is 0.237 e. The number of sulfonamides is 1. The van der Waals surface area contributed by atoms with Crippen molar-refractivity contribution in [1.29, 1.82) is 5.26 Å².